The van der Waals surface area contributed by atoms with Gasteiger partial charge in [-0.25, -0.2) is 0 Å². The molecule has 1 aliphatic carbocycles. The Bertz CT molecular complexity index is 260. The molecule has 11 heavy (non-hydrogen) atoms. The van der Waals surface area contributed by atoms with Crippen molar-refractivity contribution < 1.29 is 4.79 Å². The predicted octanol–water partition coefficient (Wildman–Crippen LogP) is 2.09. The Hall–Kier alpha value is -1.05. The van der Waals surface area contributed by atoms with E-state index < -0.39 is 0 Å². The highest BCUT2D eigenvalue weighted by atomic mass is 16.1. The van der Waals surface area contributed by atoms with Crippen molar-refractivity contribution in [2.24, 2.45) is 0 Å². The summed E-state index contributed by atoms with van der Waals surface area (Å²) in [7, 11) is 0. The second kappa shape index (κ2) is 2.53. The molecule has 0 aromatic carbocycles. The van der Waals surface area contributed by atoms with Gasteiger partial charge in [0.05, 0.1) is 5.69 Å². The fourth-order valence-electron chi connectivity index (χ4n) is 1.46. The SMILES string of the molecule is O=Cc1ccc(C2CCC2)[nH]1. The molecule has 0 aliphatic heterocycles. The molecule has 2 heteroatoms. The summed E-state index contributed by atoms with van der Waals surface area (Å²) >= 11 is 0. The summed E-state index contributed by atoms with van der Waals surface area (Å²) in [5, 5.41) is 0. The number of rotatable bonds is 2. The summed E-state index contributed by atoms with van der Waals surface area (Å²) < 4.78 is 0. The van der Waals surface area contributed by atoms with Crippen LogP contribution < -0.4 is 0 Å². The third-order valence-electron chi connectivity index (χ3n) is 2.40. The number of carbonyl (C=O) groups excluding carboxylic acids is 1. The fraction of sp³-hybridized carbons (Fsp3) is 0.444. The third-order valence-corrected chi connectivity index (χ3v) is 2.40. The van der Waals surface area contributed by atoms with Gasteiger partial charge in [-0.05, 0) is 30.9 Å². The summed E-state index contributed by atoms with van der Waals surface area (Å²) in [5.74, 6) is 0.698. The van der Waals surface area contributed by atoms with Crippen LogP contribution in [0.25, 0.3) is 0 Å². The van der Waals surface area contributed by atoms with E-state index in [4.69, 9.17) is 0 Å². The van der Waals surface area contributed by atoms with Crippen LogP contribution in [0.3, 0.4) is 0 Å². The Balaban J connectivity index is 2.17. The van der Waals surface area contributed by atoms with Gasteiger partial charge in [0.25, 0.3) is 0 Å². The highest BCUT2D eigenvalue weighted by Crippen LogP contribution is 2.35. The smallest absolute Gasteiger partial charge is 0.166 e. The quantitative estimate of drug-likeness (QED) is 0.642. The second-order valence-electron chi connectivity index (χ2n) is 3.11. The van der Waals surface area contributed by atoms with Crippen LogP contribution in [0.2, 0.25) is 0 Å². The lowest BCUT2D eigenvalue weighted by molar-refractivity contribution is 0.111. The topological polar surface area (TPSA) is 32.9 Å². The standard InChI is InChI=1S/C9H11NO/c11-6-8-4-5-9(10-8)7-2-1-3-7/h4-7,10H,1-3H2. The first-order valence-corrected chi connectivity index (χ1v) is 4.04. The van der Waals surface area contributed by atoms with E-state index in [0.29, 0.717) is 11.6 Å². The lowest BCUT2D eigenvalue weighted by Gasteiger charge is -2.23. The monoisotopic (exact) mass is 149 g/mol. The van der Waals surface area contributed by atoms with Gasteiger partial charge in [-0.3, -0.25) is 4.79 Å². The Morgan fingerprint density at radius 2 is 2.27 bits per heavy atom. The number of aromatic nitrogens is 1. The minimum Gasteiger partial charge on any atom is -0.356 e. The van der Waals surface area contributed by atoms with Gasteiger partial charge in [0.1, 0.15) is 0 Å². The molecule has 1 saturated carbocycles. The van der Waals surface area contributed by atoms with Crippen LogP contribution in [0, 0.1) is 0 Å². The molecule has 58 valence electrons. The molecule has 1 heterocycles. The Labute approximate surface area is 65.6 Å². The number of hydrogen-bond donors (Lipinski definition) is 1. The number of hydrogen-bond acceptors (Lipinski definition) is 1. The highest BCUT2D eigenvalue weighted by molar-refractivity contribution is 5.72. The molecular weight excluding hydrogens is 138 g/mol. The Morgan fingerprint density at radius 3 is 2.73 bits per heavy atom. The lowest BCUT2D eigenvalue weighted by atomic mass is 9.83. The van der Waals surface area contributed by atoms with Crippen molar-refractivity contribution in [1.82, 2.24) is 4.98 Å². The Kier molecular flexibility index (Phi) is 1.53. The fourth-order valence-corrected chi connectivity index (χ4v) is 1.46. The van der Waals surface area contributed by atoms with E-state index in [2.05, 4.69) is 4.98 Å². The molecule has 1 aromatic heterocycles. The highest BCUT2D eigenvalue weighted by Gasteiger charge is 2.20. The van der Waals surface area contributed by atoms with Crippen LogP contribution in [0.5, 0.6) is 0 Å². The Morgan fingerprint density at radius 1 is 1.45 bits per heavy atom. The average Bonchev–Trinajstić information content (AvgIpc) is 2.32. The van der Waals surface area contributed by atoms with Gasteiger partial charge in [0.2, 0.25) is 0 Å². The third kappa shape index (κ3) is 1.09. The summed E-state index contributed by atoms with van der Waals surface area (Å²) in [5.41, 5.74) is 1.94. The molecule has 0 spiro atoms. The van der Waals surface area contributed by atoms with Gasteiger partial charge in [0.15, 0.2) is 6.29 Å². The van der Waals surface area contributed by atoms with Gasteiger partial charge in [-0.1, -0.05) is 6.42 Å². The van der Waals surface area contributed by atoms with E-state index in [1.807, 2.05) is 12.1 Å². The summed E-state index contributed by atoms with van der Waals surface area (Å²) in [6.45, 7) is 0. The number of nitrogens with one attached hydrogen (secondary N) is 1. The predicted molar refractivity (Wildman–Crippen MR) is 42.8 cm³/mol. The maximum atomic E-state index is 10.3. The van der Waals surface area contributed by atoms with Crippen LogP contribution in [-0.4, -0.2) is 11.3 Å². The molecule has 0 radical (unpaired) electrons. The molecule has 1 aromatic rings. The zero-order valence-electron chi connectivity index (χ0n) is 6.34. The van der Waals surface area contributed by atoms with E-state index in [1.165, 1.54) is 25.0 Å². The second-order valence-corrected chi connectivity index (χ2v) is 3.11. The van der Waals surface area contributed by atoms with Crippen LogP contribution in [0.15, 0.2) is 12.1 Å². The van der Waals surface area contributed by atoms with Gasteiger partial charge < -0.3 is 4.98 Å². The molecule has 1 aliphatic rings. The first kappa shape index (κ1) is 6.65. The molecule has 0 amide bonds. The molecular formula is C9H11NO. The molecule has 0 atom stereocenters. The van der Waals surface area contributed by atoms with E-state index in [0.717, 1.165) is 6.29 Å². The first-order chi connectivity index (χ1) is 5.40. The van der Waals surface area contributed by atoms with Crippen LogP contribution >= 0.6 is 0 Å². The summed E-state index contributed by atoms with van der Waals surface area (Å²) in [6.07, 6.45) is 4.75. The van der Waals surface area contributed by atoms with Crippen molar-refractivity contribution in [3.8, 4) is 0 Å². The van der Waals surface area contributed by atoms with Gasteiger partial charge >= 0.3 is 0 Å². The minimum atomic E-state index is 0.698. The minimum absolute atomic E-state index is 0.698. The summed E-state index contributed by atoms with van der Waals surface area (Å²) in [4.78, 5) is 13.4. The lowest BCUT2D eigenvalue weighted by Crippen LogP contribution is -2.08. The zero-order valence-corrected chi connectivity index (χ0v) is 6.34. The van der Waals surface area contributed by atoms with Crippen molar-refractivity contribution in [3.05, 3.63) is 23.5 Å². The van der Waals surface area contributed by atoms with Crippen molar-refractivity contribution in [1.29, 1.82) is 0 Å². The van der Waals surface area contributed by atoms with E-state index in [1.54, 1.807) is 0 Å². The van der Waals surface area contributed by atoms with Crippen molar-refractivity contribution in [3.63, 3.8) is 0 Å². The molecule has 1 fully saturated rings. The van der Waals surface area contributed by atoms with Gasteiger partial charge in [-0.15, -0.1) is 0 Å². The molecule has 0 bridgehead atoms. The number of carbonyl (C=O) groups is 1. The van der Waals surface area contributed by atoms with Gasteiger partial charge in [0, 0.05) is 5.69 Å². The summed E-state index contributed by atoms with van der Waals surface area (Å²) in [6, 6.07) is 3.87. The van der Waals surface area contributed by atoms with E-state index in [-0.39, 0.29) is 0 Å². The zero-order chi connectivity index (χ0) is 7.68. The maximum absolute atomic E-state index is 10.3. The molecule has 0 unspecified atom stereocenters. The van der Waals surface area contributed by atoms with E-state index in [9.17, 15) is 4.79 Å². The van der Waals surface area contributed by atoms with E-state index >= 15 is 0 Å². The molecule has 1 N–H and O–H groups in total. The number of aldehydes is 1. The van der Waals surface area contributed by atoms with Crippen molar-refractivity contribution in [2.75, 3.05) is 0 Å². The van der Waals surface area contributed by atoms with Crippen molar-refractivity contribution >= 4 is 6.29 Å². The van der Waals surface area contributed by atoms with Crippen LogP contribution in [0.1, 0.15) is 41.4 Å². The largest absolute Gasteiger partial charge is 0.356 e. The van der Waals surface area contributed by atoms with Crippen LogP contribution in [0.4, 0.5) is 0 Å². The van der Waals surface area contributed by atoms with Gasteiger partial charge in [-0.2, -0.15) is 0 Å². The average molecular weight is 149 g/mol. The maximum Gasteiger partial charge on any atom is 0.166 e. The number of H-pyrrole nitrogens is 1. The molecule has 2 rings (SSSR count). The first-order valence-electron chi connectivity index (χ1n) is 4.04. The van der Waals surface area contributed by atoms with Crippen molar-refractivity contribution in [2.45, 2.75) is 25.2 Å². The van der Waals surface area contributed by atoms with Crippen LogP contribution in [-0.2, 0) is 0 Å². The normalized spacial score (nSPS) is 17.8. The molecule has 0 saturated heterocycles. The number of aromatic amines is 1. The molecule has 2 nitrogen and oxygen atoms in total.